The Kier molecular flexibility index (Phi) is 7.72. The molecule has 0 radical (unpaired) electrons. The van der Waals surface area contributed by atoms with Gasteiger partial charge in [0.05, 0.1) is 6.54 Å². The number of aliphatic hydroxyl groups is 1. The highest BCUT2D eigenvalue weighted by molar-refractivity contribution is 5.79. The molecule has 5 heteroatoms. The van der Waals surface area contributed by atoms with Crippen molar-refractivity contribution in [3.05, 3.63) is 35.9 Å². The van der Waals surface area contributed by atoms with E-state index in [4.69, 9.17) is 0 Å². The molecule has 25 heavy (non-hydrogen) atoms. The monoisotopic (exact) mass is 346 g/mol. The smallest absolute Gasteiger partial charge is 0.191 e. The number of guanidine groups is 1. The van der Waals surface area contributed by atoms with Crippen LogP contribution in [0.2, 0.25) is 0 Å². The normalized spacial score (nSPS) is 21.1. The molecule has 140 valence electrons. The van der Waals surface area contributed by atoms with E-state index in [1.54, 1.807) is 0 Å². The van der Waals surface area contributed by atoms with E-state index in [1.807, 2.05) is 37.3 Å². The summed E-state index contributed by atoms with van der Waals surface area (Å²) in [6.07, 6.45) is 2.47. The van der Waals surface area contributed by atoms with Crippen molar-refractivity contribution < 1.29 is 5.11 Å². The molecule has 1 aliphatic heterocycles. The van der Waals surface area contributed by atoms with Gasteiger partial charge in [-0.15, -0.1) is 0 Å². The first-order valence-corrected chi connectivity index (χ1v) is 9.57. The summed E-state index contributed by atoms with van der Waals surface area (Å²) < 4.78 is 0. The first kappa shape index (κ1) is 19.7. The van der Waals surface area contributed by atoms with E-state index < -0.39 is 5.60 Å². The van der Waals surface area contributed by atoms with Crippen molar-refractivity contribution in [2.45, 2.75) is 39.2 Å². The molecule has 2 unspecified atom stereocenters. The van der Waals surface area contributed by atoms with E-state index >= 15 is 0 Å². The molecule has 0 bridgehead atoms. The molecule has 1 heterocycles. The Labute approximate surface area is 152 Å². The maximum absolute atomic E-state index is 10.7. The van der Waals surface area contributed by atoms with E-state index in [-0.39, 0.29) is 0 Å². The second kappa shape index (κ2) is 9.78. The third-order valence-electron chi connectivity index (χ3n) is 4.75. The molecule has 0 spiro atoms. The highest BCUT2D eigenvalue weighted by Gasteiger charge is 2.24. The van der Waals surface area contributed by atoms with Crippen LogP contribution in [-0.4, -0.2) is 55.2 Å². The molecule has 0 aromatic heterocycles. The van der Waals surface area contributed by atoms with E-state index in [9.17, 15) is 5.11 Å². The quantitative estimate of drug-likeness (QED) is 0.499. The molecule has 0 saturated carbocycles. The Morgan fingerprint density at radius 3 is 2.72 bits per heavy atom. The lowest BCUT2D eigenvalue weighted by Gasteiger charge is -2.23. The molecular formula is C20H34N4O. The van der Waals surface area contributed by atoms with Crippen LogP contribution in [-0.2, 0) is 5.60 Å². The number of likely N-dealkylation sites (tertiary alicyclic amines) is 1. The first-order valence-electron chi connectivity index (χ1n) is 9.57. The summed E-state index contributed by atoms with van der Waals surface area (Å²) in [5.74, 6) is 1.46. The SMILES string of the molecule is CCCN1CCC(CNC(=NCC(C)(O)c2ccccc2)NCC)C1. The fourth-order valence-corrected chi connectivity index (χ4v) is 3.30. The molecule has 0 amide bonds. The summed E-state index contributed by atoms with van der Waals surface area (Å²) in [7, 11) is 0. The number of nitrogens with zero attached hydrogens (tertiary/aromatic N) is 2. The maximum Gasteiger partial charge on any atom is 0.191 e. The lowest BCUT2D eigenvalue weighted by Crippen LogP contribution is -2.41. The fraction of sp³-hybridized carbons (Fsp3) is 0.650. The van der Waals surface area contributed by atoms with Crippen molar-refractivity contribution in [3.63, 3.8) is 0 Å². The van der Waals surface area contributed by atoms with Crippen LogP contribution in [0.4, 0.5) is 0 Å². The van der Waals surface area contributed by atoms with Crippen LogP contribution < -0.4 is 10.6 Å². The van der Waals surface area contributed by atoms with Gasteiger partial charge >= 0.3 is 0 Å². The number of hydrogen-bond acceptors (Lipinski definition) is 3. The van der Waals surface area contributed by atoms with Gasteiger partial charge < -0.3 is 20.6 Å². The van der Waals surface area contributed by atoms with Gasteiger partial charge in [0.2, 0.25) is 0 Å². The Hall–Kier alpha value is -1.59. The van der Waals surface area contributed by atoms with Crippen LogP contribution in [0.3, 0.4) is 0 Å². The van der Waals surface area contributed by atoms with Gasteiger partial charge in [0, 0.05) is 19.6 Å². The molecule has 2 rings (SSSR count). The number of aliphatic imine (C=N–C) groups is 1. The van der Waals surface area contributed by atoms with E-state index in [1.165, 1.54) is 32.5 Å². The lowest BCUT2D eigenvalue weighted by molar-refractivity contribution is 0.0672. The topological polar surface area (TPSA) is 59.9 Å². The average molecular weight is 347 g/mol. The zero-order valence-corrected chi connectivity index (χ0v) is 16.0. The van der Waals surface area contributed by atoms with Crippen molar-refractivity contribution in [3.8, 4) is 0 Å². The zero-order valence-electron chi connectivity index (χ0n) is 16.0. The molecule has 1 aliphatic rings. The van der Waals surface area contributed by atoms with Gasteiger partial charge in [-0.2, -0.15) is 0 Å². The van der Waals surface area contributed by atoms with Crippen LogP contribution in [0.15, 0.2) is 35.3 Å². The van der Waals surface area contributed by atoms with Crippen molar-refractivity contribution in [1.82, 2.24) is 15.5 Å². The number of rotatable bonds is 8. The molecule has 0 aliphatic carbocycles. The molecule has 1 aromatic rings. The van der Waals surface area contributed by atoms with Gasteiger partial charge in [0.15, 0.2) is 5.96 Å². The van der Waals surface area contributed by atoms with E-state index in [0.29, 0.717) is 12.5 Å². The van der Waals surface area contributed by atoms with Gasteiger partial charge in [0.25, 0.3) is 0 Å². The number of benzene rings is 1. The number of nitrogens with one attached hydrogen (secondary N) is 2. The summed E-state index contributed by atoms with van der Waals surface area (Å²) >= 11 is 0. The van der Waals surface area contributed by atoms with E-state index in [0.717, 1.165) is 24.6 Å². The first-order chi connectivity index (χ1) is 12.0. The van der Waals surface area contributed by atoms with Gasteiger partial charge in [0.1, 0.15) is 5.60 Å². The summed E-state index contributed by atoms with van der Waals surface area (Å²) in [6, 6.07) is 9.73. The summed E-state index contributed by atoms with van der Waals surface area (Å²) in [4.78, 5) is 7.15. The molecule has 3 N–H and O–H groups in total. The van der Waals surface area contributed by atoms with Gasteiger partial charge in [-0.3, -0.25) is 0 Å². The Balaban J connectivity index is 1.88. The van der Waals surface area contributed by atoms with Crippen LogP contribution in [0, 0.1) is 5.92 Å². The van der Waals surface area contributed by atoms with Gasteiger partial charge in [-0.1, -0.05) is 37.3 Å². The third kappa shape index (κ3) is 6.33. The highest BCUT2D eigenvalue weighted by atomic mass is 16.3. The molecule has 2 atom stereocenters. The summed E-state index contributed by atoms with van der Waals surface area (Å²) in [5, 5.41) is 17.4. The Morgan fingerprint density at radius 1 is 1.28 bits per heavy atom. The van der Waals surface area contributed by atoms with Crippen LogP contribution in [0.5, 0.6) is 0 Å². The molecule has 1 saturated heterocycles. The molecular weight excluding hydrogens is 312 g/mol. The molecule has 1 fully saturated rings. The van der Waals surface area contributed by atoms with Crippen molar-refractivity contribution in [1.29, 1.82) is 0 Å². The molecule has 1 aromatic carbocycles. The minimum absolute atomic E-state index is 0.332. The summed E-state index contributed by atoms with van der Waals surface area (Å²) in [5.41, 5.74) is -0.0740. The van der Waals surface area contributed by atoms with Crippen LogP contribution in [0.1, 0.15) is 39.2 Å². The zero-order chi connectivity index (χ0) is 18.1. The second-order valence-corrected chi connectivity index (χ2v) is 7.17. The standard InChI is InChI=1S/C20H34N4O/c1-4-12-24-13-11-17(15-24)14-22-19(21-5-2)23-16-20(3,25)18-9-7-6-8-10-18/h6-10,17,25H,4-5,11-16H2,1-3H3,(H2,21,22,23). The Bertz CT molecular complexity index is 530. The Morgan fingerprint density at radius 2 is 2.04 bits per heavy atom. The van der Waals surface area contributed by atoms with E-state index in [2.05, 4.69) is 34.4 Å². The maximum atomic E-state index is 10.7. The number of hydrogen-bond donors (Lipinski definition) is 3. The average Bonchev–Trinajstić information content (AvgIpc) is 3.06. The fourth-order valence-electron chi connectivity index (χ4n) is 3.30. The van der Waals surface area contributed by atoms with Crippen molar-refractivity contribution >= 4 is 5.96 Å². The van der Waals surface area contributed by atoms with Crippen molar-refractivity contribution in [2.24, 2.45) is 10.9 Å². The van der Waals surface area contributed by atoms with Gasteiger partial charge in [-0.25, -0.2) is 4.99 Å². The summed E-state index contributed by atoms with van der Waals surface area (Å²) in [6.45, 7) is 11.8. The second-order valence-electron chi connectivity index (χ2n) is 7.17. The minimum atomic E-state index is -0.963. The predicted molar refractivity (Wildman–Crippen MR) is 105 cm³/mol. The predicted octanol–water partition coefficient (Wildman–Crippen LogP) is 2.18. The molecule has 5 nitrogen and oxygen atoms in total. The minimum Gasteiger partial charge on any atom is -0.384 e. The van der Waals surface area contributed by atoms with Crippen LogP contribution in [0.25, 0.3) is 0 Å². The third-order valence-corrected chi connectivity index (χ3v) is 4.75. The van der Waals surface area contributed by atoms with Gasteiger partial charge in [-0.05, 0) is 51.3 Å². The highest BCUT2D eigenvalue weighted by Crippen LogP contribution is 2.20. The van der Waals surface area contributed by atoms with Crippen LogP contribution >= 0.6 is 0 Å². The largest absolute Gasteiger partial charge is 0.384 e. The lowest BCUT2D eigenvalue weighted by atomic mass is 9.96. The van der Waals surface area contributed by atoms with Crippen molar-refractivity contribution in [2.75, 3.05) is 39.3 Å².